The van der Waals surface area contributed by atoms with E-state index in [1.807, 2.05) is 0 Å². The Bertz CT molecular complexity index is 1150. The maximum Gasteiger partial charge on any atom is 0.421 e. The van der Waals surface area contributed by atoms with Crippen LogP contribution in [0, 0.1) is 6.92 Å². The fraction of sp³-hybridized carbons (Fsp3) is 0.238. The topological polar surface area (TPSA) is 110 Å². The van der Waals surface area contributed by atoms with E-state index in [9.17, 15) is 18.0 Å². The molecule has 1 amide bonds. The normalized spacial score (nSPS) is 11.0. The van der Waals surface area contributed by atoms with Gasteiger partial charge in [0.25, 0.3) is 0 Å². The highest BCUT2D eigenvalue weighted by molar-refractivity contribution is 5.93. The molecule has 2 heterocycles. The van der Waals surface area contributed by atoms with Crippen molar-refractivity contribution in [2.24, 2.45) is 0 Å². The maximum absolute atomic E-state index is 13.6. The summed E-state index contributed by atoms with van der Waals surface area (Å²) in [6.07, 6.45) is -4.05. The summed E-state index contributed by atoms with van der Waals surface area (Å²) < 4.78 is 51.1. The third kappa shape index (κ3) is 5.99. The number of aryl methyl sites for hydroxylation is 1. The van der Waals surface area contributed by atoms with Crippen LogP contribution in [-0.2, 0) is 11.0 Å². The number of pyridine rings is 1. The third-order valence-corrected chi connectivity index (χ3v) is 4.29. The zero-order valence-corrected chi connectivity index (χ0v) is 18.2. The number of hydrogen-bond acceptors (Lipinski definition) is 8. The van der Waals surface area contributed by atoms with Crippen molar-refractivity contribution in [1.82, 2.24) is 15.0 Å². The molecule has 3 rings (SSSR count). The van der Waals surface area contributed by atoms with Gasteiger partial charge >= 0.3 is 6.18 Å². The largest absolute Gasteiger partial charge is 0.481 e. The van der Waals surface area contributed by atoms with Crippen LogP contribution < -0.4 is 25.4 Å². The number of hydrogen-bond donors (Lipinski definition) is 3. The van der Waals surface area contributed by atoms with Crippen molar-refractivity contribution in [1.29, 1.82) is 0 Å². The number of carbonyl (C=O) groups is 1. The average Bonchev–Trinajstić information content (AvgIpc) is 2.74. The molecule has 12 heteroatoms. The first-order valence-corrected chi connectivity index (χ1v) is 9.55. The van der Waals surface area contributed by atoms with Crippen LogP contribution in [0.1, 0.15) is 18.1 Å². The van der Waals surface area contributed by atoms with E-state index in [2.05, 4.69) is 30.9 Å². The summed E-state index contributed by atoms with van der Waals surface area (Å²) in [5, 5.41) is 8.07. The highest BCUT2D eigenvalue weighted by atomic mass is 19.4. The monoisotopic (exact) mass is 462 g/mol. The summed E-state index contributed by atoms with van der Waals surface area (Å²) >= 11 is 0. The number of carbonyl (C=O) groups excluding carboxylic acids is 1. The van der Waals surface area contributed by atoms with E-state index in [0.29, 0.717) is 17.6 Å². The molecule has 33 heavy (non-hydrogen) atoms. The minimum Gasteiger partial charge on any atom is -0.481 e. The zero-order valence-electron chi connectivity index (χ0n) is 18.2. The maximum atomic E-state index is 13.6. The van der Waals surface area contributed by atoms with Gasteiger partial charge < -0.3 is 25.4 Å². The fourth-order valence-corrected chi connectivity index (χ4v) is 2.82. The smallest absolute Gasteiger partial charge is 0.421 e. The fourth-order valence-electron chi connectivity index (χ4n) is 2.82. The van der Waals surface area contributed by atoms with Gasteiger partial charge in [0.05, 0.1) is 31.3 Å². The molecule has 0 saturated carbocycles. The molecule has 3 N–H and O–H groups in total. The van der Waals surface area contributed by atoms with Crippen LogP contribution in [0.4, 0.5) is 42.0 Å². The van der Waals surface area contributed by atoms with E-state index in [-0.39, 0.29) is 29.3 Å². The van der Waals surface area contributed by atoms with Crippen LogP contribution in [0.5, 0.6) is 11.8 Å². The molecule has 0 unspecified atom stereocenters. The summed E-state index contributed by atoms with van der Waals surface area (Å²) in [4.78, 5) is 23.4. The van der Waals surface area contributed by atoms with Gasteiger partial charge in [0.2, 0.25) is 23.6 Å². The predicted molar refractivity (Wildman–Crippen MR) is 116 cm³/mol. The summed E-state index contributed by atoms with van der Waals surface area (Å²) in [7, 11) is 2.83. The lowest BCUT2D eigenvalue weighted by molar-refractivity contribution is -0.137. The van der Waals surface area contributed by atoms with Gasteiger partial charge in [0.15, 0.2) is 0 Å². The van der Waals surface area contributed by atoms with Gasteiger partial charge in [-0.2, -0.15) is 23.1 Å². The van der Waals surface area contributed by atoms with Crippen molar-refractivity contribution in [3.8, 4) is 11.8 Å². The Morgan fingerprint density at radius 2 is 1.64 bits per heavy atom. The molecule has 0 aliphatic rings. The SMILES string of the molecule is COc1cc(Nc2ncc(C(F)(F)F)c(Nc3ccc(C)cc3NC(C)=O)n2)cc(OC)n1. The number of alkyl halides is 3. The summed E-state index contributed by atoms with van der Waals surface area (Å²) in [6.45, 7) is 3.09. The first-order chi connectivity index (χ1) is 15.6. The van der Waals surface area contributed by atoms with Crippen LogP contribution >= 0.6 is 0 Å². The lowest BCUT2D eigenvalue weighted by atomic mass is 10.1. The van der Waals surface area contributed by atoms with E-state index >= 15 is 0 Å². The number of anilines is 5. The second-order valence-corrected chi connectivity index (χ2v) is 6.87. The molecular formula is C21H21F3N6O3. The standard InChI is InChI=1S/C21H21F3N6O3/c1-11-5-6-15(16(7-11)26-12(2)31)28-19-14(21(22,23)24)10-25-20(30-19)27-13-8-17(32-3)29-18(9-13)33-4/h5-10H,1-4H3,(H,26,31)(H2,25,27,28,29,30). The number of methoxy groups -OCH3 is 2. The van der Waals surface area contributed by atoms with Crippen LogP contribution in [0.15, 0.2) is 36.5 Å². The molecule has 0 bridgehead atoms. The summed E-state index contributed by atoms with van der Waals surface area (Å²) in [5.41, 5.74) is 0.669. The Morgan fingerprint density at radius 3 is 2.21 bits per heavy atom. The lowest BCUT2D eigenvalue weighted by Gasteiger charge is -2.17. The van der Waals surface area contributed by atoms with Crippen molar-refractivity contribution in [2.45, 2.75) is 20.0 Å². The average molecular weight is 462 g/mol. The van der Waals surface area contributed by atoms with E-state index in [0.717, 1.165) is 5.56 Å². The van der Waals surface area contributed by atoms with Gasteiger partial charge in [-0.1, -0.05) is 6.07 Å². The molecule has 3 aromatic rings. The third-order valence-electron chi connectivity index (χ3n) is 4.29. The van der Waals surface area contributed by atoms with Crippen molar-refractivity contribution < 1.29 is 27.4 Å². The number of amides is 1. The highest BCUT2D eigenvalue weighted by Crippen LogP contribution is 2.37. The molecule has 0 fully saturated rings. The van der Waals surface area contributed by atoms with Gasteiger partial charge in [0, 0.05) is 25.3 Å². The number of ether oxygens (including phenoxy) is 2. The minimum absolute atomic E-state index is 0.117. The van der Waals surface area contributed by atoms with E-state index in [1.165, 1.54) is 33.3 Å². The van der Waals surface area contributed by atoms with Crippen LogP contribution in [0.2, 0.25) is 0 Å². The number of aromatic nitrogens is 3. The second kappa shape index (κ2) is 9.59. The number of nitrogens with zero attached hydrogens (tertiary/aromatic N) is 3. The molecule has 1 aromatic carbocycles. The predicted octanol–water partition coefficient (Wildman–Crippen LogP) is 4.66. The van der Waals surface area contributed by atoms with Gasteiger partial charge in [-0.05, 0) is 24.6 Å². The van der Waals surface area contributed by atoms with Crippen LogP contribution in [0.3, 0.4) is 0 Å². The molecule has 0 radical (unpaired) electrons. The molecule has 2 aromatic heterocycles. The molecular weight excluding hydrogens is 441 g/mol. The second-order valence-electron chi connectivity index (χ2n) is 6.87. The van der Waals surface area contributed by atoms with Crippen molar-refractivity contribution in [3.63, 3.8) is 0 Å². The van der Waals surface area contributed by atoms with Gasteiger partial charge in [-0.15, -0.1) is 0 Å². The lowest BCUT2D eigenvalue weighted by Crippen LogP contribution is -2.14. The number of benzene rings is 1. The van der Waals surface area contributed by atoms with E-state index in [1.54, 1.807) is 25.1 Å². The molecule has 174 valence electrons. The minimum atomic E-state index is -4.72. The first kappa shape index (κ1) is 23.6. The van der Waals surface area contributed by atoms with Crippen LogP contribution in [0.25, 0.3) is 0 Å². The van der Waals surface area contributed by atoms with Gasteiger partial charge in [-0.3, -0.25) is 4.79 Å². The van der Waals surface area contributed by atoms with Crippen molar-refractivity contribution >= 4 is 34.7 Å². The number of halogens is 3. The number of nitrogens with one attached hydrogen (secondary N) is 3. The van der Waals surface area contributed by atoms with Crippen molar-refractivity contribution in [3.05, 3.63) is 47.7 Å². The first-order valence-electron chi connectivity index (χ1n) is 9.55. The summed E-state index contributed by atoms with van der Waals surface area (Å²) in [6, 6.07) is 7.88. The van der Waals surface area contributed by atoms with Gasteiger partial charge in [0.1, 0.15) is 11.4 Å². The Hall–Kier alpha value is -4.09. The van der Waals surface area contributed by atoms with Crippen LogP contribution in [-0.4, -0.2) is 35.1 Å². The van der Waals surface area contributed by atoms with E-state index in [4.69, 9.17) is 9.47 Å². The molecule has 0 saturated heterocycles. The van der Waals surface area contributed by atoms with E-state index < -0.39 is 17.6 Å². The Morgan fingerprint density at radius 1 is 0.970 bits per heavy atom. The Labute approximate surface area is 187 Å². The molecule has 0 aliphatic heterocycles. The molecule has 0 spiro atoms. The number of rotatable bonds is 7. The zero-order chi connectivity index (χ0) is 24.2. The van der Waals surface area contributed by atoms with Gasteiger partial charge in [-0.25, -0.2) is 4.98 Å². The Balaban J connectivity index is 2.01. The Kier molecular flexibility index (Phi) is 6.85. The molecule has 0 atom stereocenters. The quantitative estimate of drug-likeness (QED) is 0.465. The summed E-state index contributed by atoms with van der Waals surface area (Å²) in [5.74, 6) is -0.536. The molecule has 0 aliphatic carbocycles. The highest BCUT2D eigenvalue weighted by Gasteiger charge is 2.35. The van der Waals surface area contributed by atoms with Crippen molar-refractivity contribution in [2.75, 3.05) is 30.2 Å². The molecule has 9 nitrogen and oxygen atoms in total.